The number of rotatable bonds is 12. The van der Waals surface area contributed by atoms with E-state index in [0.717, 1.165) is 68.6 Å². The number of hydrogen-bond acceptors (Lipinski definition) is 4. The molecule has 0 saturated heterocycles. The minimum atomic E-state index is 0. The molecule has 0 aliphatic carbocycles. The van der Waals surface area contributed by atoms with Gasteiger partial charge in [-0.3, -0.25) is 9.67 Å². The standard InChI is InChI=1S/C23H37N5O2.HI/c1-6-24-23(26-14-9-15-28-19(4)16-18(3)27-28)25-13-8-10-20-11-12-21(29-5)22(17-20)30-7-2;/h11-12,16-17H,6-10,13-15H2,1-5H3,(H2,24,25,26);1H. The first-order valence-corrected chi connectivity index (χ1v) is 10.9. The first-order valence-electron chi connectivity index (χ1n) is 10.9. The maximum absolute atomic E-state index is 5.66. The average molecular weight is 543 g/mol. The van der Waals surface area contributed by atoms with E-state index in [-0.39, 0.29) is 24.0 Å². The number of methoxy groups -OCH3 is 1. The van der Waals surface area contributed by atoms with Crippen LogP contribution < -0.4 is 20.1 Å². The monoisotopic (exact) mass is 543 g/mol. The second-order valence-corrected chi connectivity index (χ2v) is 7.21. The average Bonchev–Trinajstić information content (AvgIpc) is 3.05. The molecule has 1 aromatic heterocycles. The number of benzene rings is 1. The summed E-state index contributed by atoms with van der Waals surface area (Å²) in [5.41, 5.74) is 3.51. The Balaban J connectivity index is 0.00000480. The molecule has 0 saturated carbocycles. The van der Waals surface area contributed by atoms with Crippen LogP contribution in [0.4, 0.5) is 0 Å². The number of aliphatic imine (C=N–C) groups is 1. The fourth-order valence-electron chi connectivity index (χ4n) is 3.30. The molecule has 8 heteroatoms. The fourth-order valence-corrected chi connectivity index (χ4v) is 3.30. The van der Waals surface area contributed by atoms with Crippen molar-refractivity contribution in [3.05, 3.63) is 41.2 Å². The van der Waals surface area contributed by atoms with Gasteiger partial charge in [0, 0.05) is 31.9 Å². The van der Waals surface area contributed by atoms with Gasteiger partial charge in [-0.15, -0.1) is 24.0 Å². The zero-order valence-corrected chi connectivity index (χ0v) is 21.9. The van der Waals surface area contributed by atoms with Gasteiger partial charge in [-0.1, -0.05) is 6.07 Å². The highest BCUT2D eigenvalue weighted by molar-refractivity contribution is 14.0. The zero-order valence-electron chi connectivity index (χ0n) is 19.5. The highest BCUT2D eigenvalue weighted by Gasteiger charge is 2.06. The Hall–Kier alpha value is -1.97. The summed E-state index contributed by atoms with van der Waals surface area (Å²) in [7, 11) is 1.67. The molecule has 0 unspecified atom stereocenters. The molecule has 2 aromatic rings. The number of aromatic nitrogens is 2. The highest BCUT2D eigenvalue weighted by Crippen LogP contribution is 2.28. The zero-order chi connectivity index (χ0) is 21.8. The number of aryl methyl sites for hydroxylation is 4. The molecular formula is C23H38IN5O2. The Morgan fingerprint density at radius 3 is 2.55 bits per heavy atom. The van der Waals surface area contributed by atoms with Gasteiger partial charge in [-0.25, -0.2) is 0 Å². The van der Waals surface area contributed by atoms with Crippen LogP contribution in [0.3, 0.4) is 0 Å². The summed E-state index contributed by atoms with van der Waals surface area (Å²) in [6.45, 7) is 12.2. The van der Waals surface area contributed by atoms with E-state index >= 15 is 0 Å². The van der Waals surface area contributed by atoms with Crippen LogP contribution in [0.2, 0.25) is 0 Å². The lowest BCUT2D eigenvalue weighted by molar-refractivity contribution is 0.310. The van der Waals surface area contributed by atoms with E-state index in [1.807, 2.05) is 19.9 Å². The lowest BCUT2D eigenvalue weighted by atomic mass is 10.1. The van der Waals surface area contributed by atoms with E-state index in [2.05, 4.69) is 57.5 Å². The number of nitrogens with one attached hydrogen (secondary N) is 2. The molecule has 31 heavy (non-hydrogen) atoms. The third kappa shape index (κ3) is 9.37. The fraction of sp³-hybridized carbons (Fsp3) is 0.565. The van der Waals surface area contributed by atoms with Crippen molar-refractivity contribution < 1.29 is 9.47 Å². The van der Waals surface area contributed by atoms with Crippen LogP contribution in [0.25, 0.3) is 0 Å². The maximum atomic E-state index is 5.66. The van der Waals surface area contributed by atoms with E-state index in [1.165, 1.54) is 11.3 Å². The van der Waals surface area contributed by atoms with Gasteiger partial charge in [-0.2, -0.15) is 5.10 Å². The van der Waals surface area contributed by atoms with Crippen molar-refractivity contribution >= 4 is 29.9 Å². The highest BCUT2D eigenvalue weighted by atomic mass is 127. The number of hydrogen-bond donors (Lipinski definition) is 2. The van der Waals surface area contributed by atoms with E-state index in [0.29, 0.717) is 6.61 Å². The van der Waals surface area contributed by atoms with Gasteiger partial charge in [0.25, 0.3) is 0 Å². The molecule has 174 valence electrons. The number of halogens is 1. The van der Waals surface area contributed by atoms with E-state index in [1.54, 1.807) is 7.11 Å². The molecule has 0 bridgehead atoms. The lowest BCUT2D eigenvalue weighted by Gasteiger charge is -2.13. The minimum absolute atomic E-state index is 0. The third-order valence-electron chi connectivity index (χ3n) is 4.71. The summed E-state index contributed by atoms with van der Waals surface area (Å²) in [5, 5.41) is 11.2. The van der Waals surface area contributed by atoms with Crippen LogP contribution in [0.5, 0.6) is 11.5 Å². The Morgan fingerprint density at radius 2 is 1.90 bits per heavy atom. The van der Waals surface area contributed by atoms with Gasteiger partial charge in [-0.05, 0) is 70.7 Å². The SMILES string of the molecule is CCNC(=NCCCn1nc(C)cc1C)NCCCc1ccc(OC)c(OCC)c1.I. The van der Waals surface area contributed by atoms with Crippen molar-refractivity contribution in [1.82, 2.24) is 20.4 Å². The number of nitrogens with zero attached hydrogens (tertiary/aromatic N) is 3. The Kier molecular flexibility index (Phi) is 13.0. The first-order chi connectivity index (χ1) is 14.6. The maximum Gasteiger partial charge on any atom is 0.191 e. The lowest BCUT2D eigenvalue weighted by Crippen LogP contribution is -2.38. The second-order valence-electron chi connectivity index (χ2n) is 7.21. The molecular weight excluding hydrogens is 505 g/mol. The molecule has 2 N–H and O–H groups in total. The second kappa shape index (κ2) is 14.9. The molecule has 0 spiro atoms. The largest absolute Gasteiger partial charge is 0.493 e. The predicted molar refractivity (Wildman–Crippen MR) is 138 cm³/mol. The van der Waals surface area contributed by atoms with Crippen LogP contribution >= 0.6 is 24.0 Å². The third-order valence-corrected chi connectivity index (χ3v) is 4.71. The quantitative estimate of drug-likeness (QED) is 0.183. The molecule has 0 amide bonds. The van der Waals surface area contributed by atoms with Gasteiger partial charge in [0.2, 0.25) is 0 Å². The van der Waals surface area contributed by atoms with Crippen molar-refractivity contribution in [2.24, 2.45) is 4.99 Å². The van der Waals surface area contributed by atoms with Crippen molar-refractivity contribution in [3.63, 3.8) is 0 Å². The normalized spacial score (nSPS) is 11.1. The number of guanidine groups is 1. The molecule has 0 atom stereocenters. The summed E-state index contributed by atoms with van der Waals surface area (Å²) < 4.78 is 13.1. The summed E-state index contributed by atoms with van der Waals surface area (Å²) in [6, 6.07) is 8.25. The summed E-state index contributed by atoms with van der Waals surface area (Å²) >= 11 is 0. The van der Waals surface area contributed by atoms with Crippen molar-refractivity contribution in [2.45, 2.75) is 53.5 Å². The van der Waals surface area contributed by atoms with E-state index in [4.69, 9.17) is 9.47 Å². The summed E-state index contributed by atoms with van der Waals surface area (Å²) in [4.78, 5) is 4.69. The van der Waals surface area contributed by atoms with Crippen molar-refractivity contribution in [2.75, 3.05) is 33.4 Å². The molecule has 1 heterocycles. The molecule has 1 aromatic carbocycles. The Bertz CT molecular complexity index is 807. The van der Waals surface area contributed by atoms with Crippen molar-refractivity contribution in [3.8, 4) is 11.5 Å². The van der Waals surface area contributed by atoms with Crippen molar-refractivity contribution in [1.29, 1.82) is 0 Å². The smallest absolute Gasteiger partial charge is 0.191 e. The van der Waals surface area contributed by atoms with E-state index < -0.39 is 0 Å². The van der Waals surface area contributed by atoms with Crippen LogP contribution in [0.1, 0.15) is 43.6 Å². The van der Waals surface area contributed by atoms with Gasteiger partial charge in [0.1, 0.15) is 0 Å². The van der Waals surface area contributed by atoms with Gasteiger partial charge in [0.05, 0.1) is 19.4 Å². The summed E-state index contributed by atoms with van der Waals surface area (Å²) in [5.74, 6) is 2.46. The molecule has 7 nitrogen and oxygen atoms in total. The van der Waals surface area contributed by atoms with Crippen LogP contribution in [-0.2, 0) is 13.0 Å². The predicted octanol–water partition coefficient (Wildman–Crippen LogP) is 4.10. The molecule has 0 aliphatic heterocycles. The molecule has 2 rings (SSSR count). The van der Waals surface area contributed by atoms with Crippen LogP contribution in [-0.4, -0.2) is 49.1 Å². The number of ether oxygens (including phenoxy) is 2. The van der Waals surface area contributed by atoms with E-state index in [9.17, 15) is 0 Å². The Labute approximate surface area is 204 Å². The minimum Gasteiger partial charge on any atom is -0.493 e. The van der Waals surface area contributed by atoms with Gasteiger partial charge in [0.15, 0.2) is 17.5 Å². The summed E-state index contributed by atoms with van der Waals surface area (Å²) in [6.07, 6.45) is 2.94. The molecule has 0 fully saturated rings. The first kappa shape index (κ1) is 27.1. The van der Waals surface area contributed by atoms with Gasteiger partial charge >= 0.3 is 0 Å². The molecule has 0 aliphatic rings. The van der Waals surface area contributed by atoms with Crippen LogP contribution in [0.15, 0.2) is 29.3 Å². The topological polar surface area (TPSA) is 72.7 Å². The Morgan fingerprint density at radius 1 is 1.10 bits per heavy atom. The van der Waals surface area contributed by atoms with Crippen LogP contribution in [0, 0.1) is 13.8 Å². The van der Waals surface area contributed by atoms with Gasteiger partial charge < -0.3 is 20.1 Å². The molecule has 0 radical (unpaired) electrons.